The summed E-state index contributed by atoms with van der Waals surface area (Å²) in [5.41, 5.74) is 2.83. The molecule has 0 aliphatic carbocycles. The minimum atomic E-state index is -0.986. The molecule has 1 aliphatic heterocycles. The Labute approximate surface area is 147 Å². The van der Waals surface area contributed by atoms with Crippen LogP contribution in [0.15, 0.2) is 42.6 Å². The van der Waals surface area contributed by atoms with E-state index in [-0.39, 0.29) is 12.7 Å². The van der Waals surface area contributed by atoms with Crippen molar-refractivity contribution in [3.05, 3.63) is 48.2 Å². The first-order chi connectivity index (χ1) is 12.2. The van der Waals surface area contributed by atoms with Crippen molar-refractivity contribution in [2.75, 3.05) is 26.8 Å². The summed E-state index contributed by atoms with van der Waals surface area (Å²) in [6.07, 6.45) is 3.01. The van der Waals surface area contributed by atoms with Crippen molar-refractivity contribution in [3.8, 4) is 17.0 Å². The lowest BCUT2D eigenvalue weighted by Crippen LogP contribution is -2.23. The number of rotatable bonds is 7. The van der Waals surface area contributed by atoms with Gasteiger partial charge >= 0.3 is 5.97 Å². The number of carboxylic acid groups (broad SMARTS) is 1. The summed E-state index contributed by atoms with van der Waals surface area (Å²) in [5.74, 6) is -0.386. The molecule has 0 saturated carbocycles. The quantitative estimate of drug-likeness (QED) is 0.833. The van der Waals surface area contributed by atoms with Crippen LogP contribution in [0.1, 0.15) is 12.0 Å². The largest absolute Gasteiger partial charge is 0.482 e. The van der Waals surface area contributed by atoms with Crippen molar-refractivity contribution < 1.29 is 19.4 Å². The smallest absolute Gasteiger partial charge is 0.341 e. The Morgan fingerprint density at radius 1 is 1.36 bits per heavy atom. The van der Waals surface area contributed by atoms with E-state index in [1.807, 2.05) is 36.4 Å². The molecule has 3 rings (SSSR count). The highest BCUT2D eigenvalue weighted by molar-refractivity contribution is 5.69. The Hall–Kier alpha value is -2.44. The number of likely N-dealkylation sites (tertiary alicyclic amines) is 1. The monoisotopic (exact) mass is 342 g/mol. The van der Waals surface area contributed by atoms with Crippen molar-refractivity contribution in [1.82, 2.24) is 9.88 Å². The molecule has 1 aromatic carbocycles. The highest BCUT2D eigenvalue weighted by atomic mass is 16.5. The van der Waals surface area contributed by atoms with Gasteiger partial charge in [-0.3, -0.25) is 9.88 Å². The van der Waals surface area contributed by atoms with E-state index in [1.165, 1.54) is 0 Å². The molecule has 0 amide bonds. The van der Waals surface area contributed by atoms with Gasteiger partial charge in [0.05, 0.1) is 11.8 Å². The number of benzene rings is 1. The van der Waals surface area contributed by atoms with Gasteiger partial charge in [0.1, 0.15) is 5.75 Å². The molecule has 2 aromatic rings. The van der Waals surface area contributed by atoms with Crippen LogP contribution in [-0.2, 0) is 16.1 Å². The van der Waals surface area contributed by atoms with E-state index in [4.69, 9.17) is 14.6 Å². The third kappa shape index (κ3) is 4.55. The van der Waals surface area contributed by atoms with Crippen LogP contribution >= 0.6 is 0 Å². The van der Waals surface area contributed by atoms with Crippen LogP contribution in [-0.4, -0.2) is 53.9 Å². The maximum Gasteiger partial charge on any atom is 0.341 e. The number of methoxy groups -OCH3 is 1. The van der Waals surface area contributed by atoms with Crippen LogP contribution in [0, 0.1) is 0 Å². The summed E-state index contributed by atoms with van der Waals surface area (Å²) in [5, 5.41) is 8.89. The Kier molecular flexibility index (Phi) is 5.63. The molecular weight excluding hydrogens is 320 g/mol. The zero-order valence-electron chi connectivity index (χ0n) is 14.2. The fraction of sp³-hybridized carbons (Fsp3) is 0.368. The normalized spacial score (nSPS) is 17.6. The van der Waals surface area contributed by atoms with Gasteiger partial charge in [-0.1, -0.05) is 6.07 Å². The first-order valence-corrected chi connectivity index (χ1v) is 8.30. The van der Waals surface area contributed by atoms with Gasteiger partial charge in [-0.05, 0) is 36.8 Å². The van der Waals surface area contributed by atoms with E-state index in [2.05, 4.69) is 9.88 Å². The second-order valence-electron chi connectivity index (χ2n) is 6.10. The Balaban J connectivity index is 1.84. The van der Waals surface area contributed by atoms with E-state index < -0.39 is 5.97 Å². The molecule has 1 N–H and O–H groups in total. The molecule has 1 aliphatic rings. The average molecular weight is 342 g/mol. The van der Waals surface area contributed by atoms with E-state index in [0.717, 1.165) is 36.3 Å². The molecule has 25 heavy (non-hydrogen) atoms. The number of pyridine rings is 1. The predicted octanol–water partition coefficient (Wildman–Crippen LogP) is 2.43. The molecule has 1 aromatic heterocycles. The van der Waals surface area contributed by atoms with Gasteiger partial charge < -0.3 is 14.6 Å². The van der Waals surface area contributed by atoms with Gasteiger partial charge in [0, 0.05) is 44.1 Å². The van der Waals surface area contributed by atoms with Gasteiger partial charge in [0.25, 0.3) is 0 Å². The molecular formula is C19H22N2O4. The summed E-state index contributed by atoms with van der Waals surface area (Å²) in [7, 11) is 1.73. The lowest BCUT2D eigenvalue weighted by atomic mass is 10.1. The molecule has 132 valence electrons. The second kappa shape index (κ2) is 8.09. The topological polar surface area (TPSA) is 71.9 Å². The van der Waals surface area contributed by atoms with Gasteiger partial charge in [0.15, 0.2) is 6.61 Å². The van der Waals surface area contributed by atoms with Crippen molar-refractivity contribution in [1.29, 1.82) is 0 Å². The van der Waals surface area contributed by atoms with Crippen molar-refractivity contribution >= 4 is 5.97 Å². The number of aliphatic carboxylic acids is 1. The van der Waals surface area contributed by atoms with Gasteiger partial charge in [-0.25, -0.2) is 4.79 Å². The predicted molar refractivity (Wildman–Crippen MR) is 93.5 cm³/mol. The maximum absolute atomic E-state index is 10.8. The van der Waals surface area contributed by atoms with Crippen molar-refractivity contribution in [2.45, 2.75) is 19.1 Å². The third-order valence-electron chi connectivity index (χ3n) is 4.33. The minimum absolute atomic E-state index is 0.252. The molecule has 6 heteroatoms. The molecule has 6 nitrogen and oxygen atoms in total. The third-order valence-corrected chi connectivity index (χ3v) is 4.33. The molecule has 0 bridgehead atoms. The highest BCUT2D eigenvalue weighted by Gasteiger charge is 2.23. The summed E-state index contributed by atoms with van der Waals surface area (Å²) in [4.78, 5) is 17.5. The number of carboxylic acids is 1. The minimum Gasteiger partial charge on any atom is -0.482 e. The highest BCUT2D eigenvalue weighted by Crippen LogP contribution is 2.28. The van der Waals surface area contributed by atoms with E-state index in [0.29, 0.717) is 12.3 Å². The molecule has 1 saturated heterocycles. The molecule has 0 radical (unpaired) electrons. The second-order valence-corrected chi connectivity index (χ2v) is 6.10. The number of carbonyl (C=O) groups is 1. The SMILES string of the molecule is COC1CCN(Cc2cc(-c3ccccn3)ccc2OCC(=O)O)C1. The number of aromatic nitrogens is 1. The van der Waals surface area contributed by atoms with E-state index in [1.54, 1.807) is 13.3 Å². The van der Waals surface area contributed by atoms with Crippen molar-refractivity contribution in [2.24, 2.45) is 0 Å². The van der Waals surface area contributed by atoms with Crippen LogP contribution < -0.4 is 4.74 Å². The van der Waals surface area contributed by atoms with Gasteiger partial charge in [0.2, 0.25) is 0 Å². The van der Waals surface area contributed by atoms with Crippen LogP contribution in [0.5, 0.6) is 5.75 Å². The fourth-order valence-electron chi connectivity index (χ4n) is 3.05. The average Bonchev–Trinajstić information content (AvgIpc) is 3.09. The van der Waals surface area contributed by atoms with Gasteiger partial charge in [-0.15, -0.1) is 0 Å². The first kappa shape index (κ1) is 17.4. The van der Waals surface area contributed by atoms with E-state index in [9.17, 15) is 4.79 Å². The zero-order valence-corrected chi connectivity index (χ0v) is 14.2. The number of hydrogen-bond acceptors (Lipinski definition) is 5. The first-order valence-electron chi connectivity index (χ1n) is 8.30. The Morgan fingerprint density at radius 2 is 2.24 bits per heavy atom. The van der Waals surface area contributed by atoms with Crippen LogP contribution in [0.25, 0.3) is 11.3 Å². The lowest BCUT2D eigenvalue weighted by Gasteiger charge is -2.19. The molecule has 0 spiro atoms. The Morgan fingerprint density at radius 3 is 2.92 bits per heavy atom. The lowest BCUT2D eigenvalue weighted by molar-refractivity contribution is -0.139. The number of hydrogen-bond donors (Lipinski definition) is 1. The maximum atomic E-state index is 10.8. The standard InChI is InChI=1S/C19H22N2O4/c1-24-16-7-9-21(12-16)11-15-10-14(17-4-2-3-8-20-17)5-6-18(15)25-13-19(22)23/h2-6,8,10,16H,7,9,11-13H2,1H3,(H,22,23). The summed E-state index contributed by atoms with van der Waals surface area (Å²) in [6.45, 7) is 2.15. The summed E-state index contributed by atoms with van der Waals surface area (Å²) >= 11 is 0. The van der Waals surface area contributed by atoms with Gasteiger partial charge in [-0.2, -0.15) is 0 Å². The number of ether oxygens (including phenoxy) is 2. The fourth-order valence-corrected chi connectivity index (χ4v) is 3.05. The number of nitrogens with zero attached hydrogens (tertiary/aromatic N) is 2. The molecule has 1 fully saturated rings. The zero-order chi connectivity index (χ0) is 17.6. The summed E-state index contributed by atoms with van der Waals surface area (Å²) in [6, 6.07) is 11.5. The van der Waals surface area contributed by atoms with Crippen molar-refractivity contribution in [3.63, 3.8) is 0 Å². The molecule has 1 atom stereocenters. The van der Waals surface area contributed by atoms with Crippen LogP contribution in [0.2, 0.25) is 0 Å². The summed E-state index contributed by atoms with van der Waals surface area (Å²) < 4.78 is 10.9. The van der Waals surface area contributed by atoms with E-state index >= 15 is 0 Å². The molecule has 1 unspecified atom stereocenters. The van der Waals surface area contributed by atoms with Crippen LogP contribution in [0.4, 0.5) is 0 Å². The Bertz CT molecular complexity index is 721. The molecule has 2 heterocycles. The van der Waals surface area contributed by atoms with Crippen LogP contribution in [0.3, 0.4) is 0 Å².